The summed E-state index contributed by atoms with van der Waals surface area (Å²) in [5.41, 5.74) is 3.58. The Labute approximate surface area is 132 Å². The van der Waals surface area contributed by atoms with E-state index in [1.807, 2.05) is 38.3 Å². The molecule has 1 aliphatic rings. The van der Waals surface area contributed by atoms with E-state index in [2.05, 4.69) is 15.3 Å². The van der Waals surface area contributed by atoms with Crippen LogP contribution in [-0.2, 0) is 4.79 Å². The fourth-order valence-corrected chi connectivity index (χ4v) is 3.45. The van der Waals surface area contributed by atoms with Gasteiger partial charge in [0.1, 0.15) is 5.82 Å². The number of H-pyrrole nitrogens is 1. The van der Waals surface area contributed by atoms with Crippen molar-refractivity contribution in [2.24, 2.45) is 0 Å². The summed E-state index contributed by atoms with van der Waals surface area (Å²) in [5.74, 6) is 0.0272. The van der Waals surface area contributed by atoms with Gasteiger partial charge >= 0.3 is 0 Å². The molecule has 0 spiro atoms. The van der Waals surface area contributed by atoms with Gasteiger partial charge in [-0.1, -0.05) is 30.0 Å². The molecule has 0 aliphatic carbocycles. The molecular weight excluding hydrogens is 298 g/mol. The minimum Gasteiger partial charge on any atom is -0.310 e. The van der Waals surface area contributed by atoms with Crippen LogP contribution in [0.1, 0.15) is 34.6 Å². The van der Waals surface area contributed by atoms with Gasteiger partial charge in [0.25, 0.3) is 5.56 Å². The van der Waals surface area contributed by atoms with Gasteiger partial charge in [-0.3, -0.25) is 9.59 Å². The van der Waals surface area contributed by atoms with Crippen LogP contribution in [0.15, 0.2) is 28.2 Å². The van der Waals surface area contributed by atoms with Crippen LogP contribution in [0, 0.1) is 13.8 Å². The molecule has 114 valence electrons. The summed E-state index contributed by atoms with van der Waals surface area (Å²) in [6.07, 6.45) is 2.10. The number of fused-ring (bicyclic) bond motifs is 1. The Morgan fingerprint density at radius 2 is 1.86 bits per heavy atom. The number of rotatable bonds is 2. The summed E-state index contributed by atoms with van der Waals surface area (Å²) in [5, 5.41) is 3.24. The zero-order chi connectivity index (χ0) is 15.9. The highest BCUT2D eigenvalue weighted by Gasteiger charge is 2.32. The average molecular weight is 315 g/mol. The van der Waals surface area contributed by atoms with Gasteiger partial charge in [-0.05, 0) is 36.8 Å². The Morgan fingerprint density at radius 1 is 1.18 bits per heavy atom. The van der Waals surface area contributed by atoms with Crippen LogP contribution >= 0.6 is 11.8 Å². The number of hydrogen-bond acceptors (Lipinski definition) is 4. The Bertz CT molecular complexity index is 793. The molecule has 5 nitrogen and oxygen atoms in total. The summed E-state index contributed by atoms with van der Waals surface area (Å²) in [6, 6.07) is 6.00. The normalized spacial score (nSPS) is 17.0. The summed E-state index contributed by atoms with van der Waals surface area (Å²) < 4.78 is 0. The quantitative estimate of drug-likeness (QED) is 0.660. The van der Waals surface area contributed by atoms with Crippen LogP contribution in [0.3, 0.4) is 0 Å². The van der Waals surface area contributed by atoms with Crippen molar-refractivity contribution in [2.75, 3.05) is 11.6 Å². The van der Waals surface area contributed by atoms with Crippen LogP contribution in [0.4, 0.5) is 5.82 Å². The molecule has 1 amide bonds. The molecule has 2 heterocycles. The summed E-state index contributed by atoms with van der Waals surface area (Å²) >= 11 is 1.34. The molecule has 1 aromatic heterocycles. The van der Waals surface area contributed by atoms with Crippen molar-refractivity contribution in [2.45, 2.75) is 31.3 Å². The Morgan fingerprint density at radius 3 is 2.50 bits per heavy atom. The smallest absolute Gasteiger partial charge is 0.257 e. The van der Waals surface area contributed by atoms with Crippen molar-refractivity contribution in [3.8, 4) is 0 Å². The van der Waals surface area contributed by atoms with Gasteiger partial charge < -0.3 is 10.3 Å². The lowest BCUT2D eigenvalue weighted by atomic mass is 9.82. The first kappa shape index (κ1) is 14.8. The maximum Gasteiger partial charge on any atom is 0.257 e. The average Bonchev–Trinajstić information content (AvgIpc) is 2.45. The second-order valence-corrected chi connectivity index (χ2v) is 6.24. The van der Waals surface area contributed by atoms with Crippen LogP contribution in [0.5, 0.6) is 0 Å². The van der Waals surface area contributed by atoms with E-state index in [4.69, 9.17) is 0 Å². The number of carbonyl (C=O) groups is 1. The SMILES string of the molecule is CSc1nc2c(c(=O)[nH]1)C(c1c(C)cccc1C)CC(=O)N2. The summed E-state index contributed by atoms with van der Waals surface area (Å²) in [6.45, 7) is 4.01. The van der Waals surface area contributed by atoms with Gasteiger partial charge in [-0.25, -0.2) is 4.98 Å². The molecule has 0 fully saturated rings. The molecule has 1 aliphatic heterocycles. The lowest BCUT2D eigenvalue weighted by molar-refractivity contribution is -0.116. The number of nitrogens with one attached hydrogen (secondary N) is 2. The summed E-state index contributed by atoms with van der Waals surface area (Å²) in [7, 11) is 0. The number of aryl methyl sites for hydroxylation is 2. The third-order valence-corrected chi connectivity index (χ3v) is 4.59. The van der Waals surface area contributed by atoms with E-state index in [-0.39, 0.29) is 23.8 Å². The van der Waals surface area contributed by atoms with E-state index in [0.29, 0.717) is 16.5 Å². The number of anilines is 1. The molecule has 6 heteroatoms. The predicted octanol–water partition coefficient (Wildman–Crippen LogP) is 2.58. The van der Waals surface area contributed by atoms with Gasteiger partial charge in [0, 0.05) is 12.3 Å². The van der Waals surface area contributed by atoms with E-state index >= 15 is 0 Å². The van der Waals surface area contributed by atoms with Gasteiger partial charge in [-0.15, -0.1) is 0 Å². The lowest BCUT2D eigenvalue weighted by Gasteiger charge is -2.26. The topological polar surface area (TPSA) is 74.8 Å². The zero-order valence-corrected chi connectivity index (χ0v) is 13.5. The van der Waals surface area contributed by atoms with Gasteiger partial charge in [-0.2, -0.15) is 0 Å². The zero-order valence-electron chi connectivity index (χ0n) is 12.7. The highest BCUT2D eigenvalue weighted by Crippen LogP contribution is 2.37. The van der Waals surface area contributed by atoms with E-state index in [1.165, 1.54) is 11.8 Å². The largest absolute Gasteiger partial charge is 0.310 e. The number of benzene rings is 1. The van der Waals surface area contributed by atoms with Gasteiger partial charge in [0.05, 0.1) is 5.56 Å². The van der Waals surface area contributed by atoms with Crippen LogP contribution in [-0.4, -0.2) is 22.1 Å². The van der Waals surface area contributed by atoms with E-state index < -0.39 is 0 Å². The molecule has 2 N–H and O–H groups in total. The van der Waals surface area contributed by atoms with Crippen LogP contribution in [0.2, 0.25) is 0 Å². The van der Waals surface area contributed by atoms with Gasteiger partial charge in [0.2, 0.25) is 5.91 Å². The number of nitrogens with zero attached hydrogens (tertiary/aromatic N) is 1. The standard InChI is InChI=1S/C16H17N3O2S/c1-8-5-4-6-9(2)12(8)10-7-11(20)17-14-13(10)15(21)19-16(18-14)22-3/h4-6,10H,7H2,1-3H3,(H2,17,18,19,20,21). The van der Waals surface area contributed by atoms with E-state index in [0.717, 1.165) is 16.7 Å². The molecule has 0 bridgehead atoms. The number of thioether (sulfide) groups is 1. The van der Waals surface area contributed by atoms with Crippen LogP contribution < -0.4 is 10.9 Å². The fourth-order valence-electron chi connectivity index (χ4n) is 3.07. The lowest BCUT2D eigenvalue weighted by Crippen LogP contribution is -2.31. The predicted molar refractivity (Wildman–Crippen MR) is 87.6 cm³/mol. The van der Waals surface area contributed by atoms with Crippen molar-refractivity contribution < 1.29 is 4.79 Å². The maximum atomic E-state index is 12.5. The van der Waals surface area contributed by atoms with E-state index in [9.17, 15) is 9.59 Å². The second kappa shape index (κ2) is 5.61. The van der Waals surface area contributed by atoms with Crippen molar-refractivity contribution in [3.05, 3.63) is 50.8 Å². The van der Waals surface area contributed by atoms with Crippen molar-refractivity contribution >= 4 is 23.5 Å². The monoisotopic (exact) mass is 315 g/mol. The van der Waals surface area contributed by atoms with Crippen LogP contribution in [0.25, 0.3) is 0 Å². The Balaban J connectivity index is 2.25. The molecule has 22 heavy (non-hydrogen) atoms. The Kier molecular flexibility index (Phi) is 3.78. The molecule has 1 aromatic carbocycles. The third-order valence-electron chi connectivity index (χ3n) is 4.01. The molecule has 0 saturated carbocycles. The number of carbonyl (C=O) groups excluding carboxylic acids is 1. The first-order valence-electron chi connectivity index (χ1n) is 7.05. The highest BCUT2D eigenvalue weighted by atomic mass is 32.2. The van der Waals surface area contributed by atoms with Gasteiger partial charge in [0.15, 0.2) is 5.16 Å². The minimum absolute atomic E-state index is 0.106. The minimum atomic E-state index is -0.253. The third kappa shape index (κ3) is 2.43. The molecule has 1 unspecified atom stereocenters. The molecule has 3 rings (SSSR count). The molecular formula is C16H17N3O2S. The highest BCUT2D eigenvalue weighted by molar-refractivity contribution is 7.98. The van der Waals surface area contributed by atoms with Crippen molar-refractivity contribution in [1.29, 1.82) is 0 Å². The number of amides is 1. The Hall–Kier alpha value is -2.08. The summed E-state index contributed by atoms with van der Waals surface area (Å²) in [4.78, 5) is 31.7. The number of aromatic amines is 1. The molecule has 1 atom stereocenters. The fraction of sp³-hybridized carbons (Fsp3) is 0.312. The first-order chi connectivity index (χ1) is 10.5. The number of aromatic nitrogens is 2. The second-order valence-electron chi connectivity index (χ2n) is 5.45. The molecule has 2 aromatic rings. The molecule has 0 radical (unpaired) electrons. The maximum absolute atomic E-state index is 12.5. The van der Waals surface area contributed by atoms with Crippen molar-refractivity contribution in [1.82, 2.24) is 9.97 Å². The van der Waals surface area contributed by atoms with Crippen molar-refractivity contribution in [3.63, 3.8) is 0 Å². The number of hydrogen-bond donors (Lipinski definition) is 2. The first-order valence-corrected chi connectivity index (χ1v) is 8.28. The van der Waals surface area contributed by atoms with E-state index in [1.54, 1.807) is 0 Å². The molecule has 0 saturated heterocycles.